The SMILES string of the molecule is COC1=C(C(=O)O)N2C(=O)[C@@H](NC(=O)C(Cl)Cl)[C@H]2SC1. The maximum atomic E-state index is 12.0. The smallest absolute Gasteiger partial charge is 0.356 e. The number of carbonyl (C=O) groups is 3. The molecule has 2 atom stereocenters. The van der Waals surface area contributed by atoms with E-state index in [-0.39, 0.29) is 11.5 Å². The van der Waals surface area contributed by atoms with E-state index in [9.17, 15) is 14.4 Å². The molecule has 2 amide bonds. The van der Waals surface area contributed by atoms with Crippen molar-refractivity contribution < 1.29 is 24.2 Å². The Morgan fingerprint density at radius 1 is 1.55 bits per heavy atom. The minimum Gasteiger partial charge on any atom is -0.498 e. The summed E-state index contributed by atoms with van der Waals surface area (Å²) in [5.74, 6) is -1.96. The normalized spacial score (nSPS) is 25.2. The van der Waals surface area contributed by atoms with Gasteiger partial charge in [0.2, 0.25) is 0 Å². The summed E-state index contributed by atoms with van der Waals surface area (Å²) in [6.07, 6.45) is 0. The number of thioether (sulfide) groups is 1. The standard InChI is InChI=1S/C10H10Cl2N2O5S/c1-19-3-2-20-9-4(13-7(15)6(11)12)8(16)14(9)5(3)10(17)18/h4,6,9H,2H2,1H3,(H,13,15)(H,17,18)/t4-,9-/m1/s1. The van der Waals surface area contributed by atoms with Crippen LogP contribution >= 0.6 is 35.0 Å². The van der Waals surface area contributed by atoms with Crippen molar-refractivity contribution in [1.29, 1.82) is 0 Å². The number of methoxy groups -OCH3 is 1. The van der Waals surface area contributed by atoms with E-state index in [4.69, 9.17) is 33.0 Å². The number of rotatable bonds is 4. The lowest BCUT2D eigenvalue weighted by Gasteiger charge is -2.48. The third kappa shape index (κ3) is 2.43. The second-order valence-electron chi connectivity index (χ2n) is 3.98. The molecular weight excluding hydrogens is 331 g/mol. The molecule has 0 spiro atoms. The molecule has 1 fully saturated rings. The molecule has 0 aromatic carbocycles. The highest BCUT2D eigenvalue weighted by atomic mass is 35.5. The van der Waals surface area contributed by atoms with Gasteiger partial charge in [-0.1, -0.05) is 23.2 Å². The van der Waals surface area contributed by atoms with Crippen molar-refractivity contribution in [3.05, 3.63) is 11.5 Å². The predicted molar refractivity (Wildman–Crippen MR) is 72.2 cm³/mol. The number of hydrogen-bond donors (Lipinski definition) is 2. The van der Waals surface area contributed by atoms with Gasteiger partial charge in [-0.2, -0.15) is 0 Å². The fourth-order valence-electron chi connectivity index (χ4n) is 1.96. The molecule has 20 heavy (non-hydrogen) atoms. The lowest BCUT2D eigenvalue weighted by atomic mass is 10.0. The van der Waals surface area contributed by atoms with Gasteiger partial charge in [0, 0.05) is 0 Å². The number of carboxylic acids is 1. The summed E-state index contributed by atoms with van der Waals surface area (Å²) in [6.45, 7) is 0. The van der Waals surface area contributed by atoms with Gasteiger partial charge >= 0.3 is 5.97 Å². The van der Waals surface area contributed by atoms with Gasteiger partial charge in [0.05, 0.1) is 12.9 Å². The summed E-state index contributed by atoms with van der Waals surface area (Å²) in [6, 6.07) is -0.833. The lowest BCUT2D eigenvalue weighted by Crippen LogP contribution is -2.71. The van der Waals surface area contributed by atoms with Crippen molar-refractivity contribution in [1.82, 2.24) is 10.2 Å². The molecule has 0 aliphatic carbocycles. The van der Waals surface area contributed by atoms with Crippen LogP contribution in [0.4, 0.5) is 0 Å². The van der Waals surface area contributed by atoms with E-state index in [1.165, 1.54) is 18.9 Å². The Labute approximate surface area is 128 Å². The van der Waals surface area contributed by atoms with Crippen LogP contribution in [0.15, 0.2) is 11.5 Å². The number of alkyl halides is 2. The van der Waals surface area contributed by atoms with Crippen molar-refractivity contribution in [2.45, 2.75) is 16.3 Å². The molecule has 0 aromatic rings. The number of nitrogens with zero attached hydrogens (tertiary/aromatic N) is 1. The summed E-state index contributed by atoms with van der Waals surface area (Å²) >= 11 is 12.1. The van der Waals surface area contributed by atoms with E-state index < -0.39 is 34.0 Å². The summed E-state index contributed by atoms with van der Waals surface area (Å²) in [4.78, 5) is 34.4. The van der Waals surface area contributed by atoms with Crippen molar-refractivity contribution in [2.24, 2.45) is 0 Å². The van der Waals surface area contributed by atoms with Crippen LogP contribution in [0, 0.1) is 0 Å². The topological polar surface area (TPSA) is 95.9 Å². The van der Waals surface area contributed by atoms with E-state index in [2.05, 4.69) is 5.32 Å². The second kappa shape index (κ2) is 5.71. The van der Waals surface area contributed by atoms with E-state index in [1.54, 1.807) is 0 Å². The summed E-state index contributed by atoms with van der Waals surface area (Å²) in [5.41, 5.74) is -0.194. The maximum Gasteiger partial charge on any atom is 0.356 e. The summed E-state index contributed by atoms with van der Waals surface area (Å²) in [5, 5.41) is 11.1. The minimum absolute atomic E-state index is 0.194. The van der Waals surface area contributed by atoms with Crippen LogP contribution in [0.25, 0.3) is 0 Å². The summed E-state index contributed by atoms with van der Waals surface area (Å²) in [7, 11) is 1.34. The van der Waals surface area contributed by atoms with Gasteiger partial charge in [-0.15, -0.1) is 11.8 Å². The zero-order chi connectivity index (χ0) is 15.0. The molecule has 0 radical (unpaired) electrons. The molecule has 2 heterocycles. The Balaban J connectivity index is 2.19. The monoisotopic (exact) mass is 340 g/mol. The Morgan fingerprint density at radius 3 is 2.70 bits per heavy atom. The van der Waals surface area contributed by atoms with Gasteiger partial charge in [-0.05, 0) is 0 Å². The Kier molecular flexibility index (Phi) is 4.36. The van der Waals surface area contributed by atoms with Crippen LogP contribution in [-0.2, 0) is 19.1 Å². The van der Waals surface area contributed by atoms with Gasteiger partial charge in [-0.25, -0.2) is 4.79 Å². The van der Waals surface area contributed by atoms with Gasteiger partial charge < -0.3 is 15.2 Å². The number of aliphatic carboxylic acids is 1. The van der Waals surface area contributed by atoms with Crippen molar-refractivity contribution in [3.63, 3.8) is 0 Å². The van der Waals surface area contributed by atoms with Crippen molar-refractivity contribution in [3.8, 4) is 0 Å². The van der Waals surface area contributed by atoms with E-state index in [0.717, 1.165) is 4.90 Å². The largest absolute Gasteiger partial charge is 0.498 e. The molecule has 2 aliphatic heterocycles. The first-order chi connectivity index (χ1) is 9.38. The molecule has 0 saturated carbocycles. The van der Waals surface area contributed by atoms with Crippen molar-refractivity contribution in [2.75, 3.05) is 12.9 Å². The van der Waals surface area contributed by atoms with Crippen LogP contribution in [0.5, 0.6) is 0 Å². The first-order valence-electron chi connectivity index (χ1n) is 5.42. The number of halogens is 2. The molecule has 7 nitrogen and oxygen atoms in total. The molecule has 0 aromatic heterocycles. The molecule has 0 unspecified atom stereocenters. The molecule has 1 saturated heterocycles. The molecule has 10 heteroatoms. The number of carbonyl (C=O) groups excluding carboxylic acids is 2. The van der Waals surface area contributed by atoms with E-state index >= 15 is 0 Å². The summed E-state index contributed by atoms with van der Waals surface area (Å²) < 4.78 is 4.98. The fraction of sp³-hybridized carbons (Fsp3) is 0.500. The van der Waals surface area contributed by atoms with Crippen LogP contribution in [-0.4, -0.2) is 56.9 Å². The molecule has 2 rings (SSSR count). The number of β-lactam (4-membered cyclic amide) rings is 1. The highest BCUT2D eigenvalue weighted by Gasteiger charge is 2.54. The third-order valence-electron chi connectivity index (χ3n) is 2.88. The van der Waals surface area contributed by atoms with Crippen LogP contribution in [0.1, 0.15) is 0 Å². The predicted octanol–water partition coefficient (Wildman–Crippen LogP) is 0.133. The molecule has 2 aliphatic rings. The number of fused-ring (bicyclic) bond motifs is 1. The second-order valence-corrected chi connectivity index (χ2v) is 6.18. The number of ether oxygens (including phenoxy) is 1. The van der Waals surface area contributed by atoms with Crippen LogP contribution < -0.4 is 5.32 Å². The third-order valence-corrected chi connectivity index (χ3v) is 4.53. The van der Waals surface area contributed by atoms with Crippen LogP contribution in [0.3, 0.4) is 0 Å². The minimum atomic E-state index is -1.28. The van der Waals surface area contributed by atoms with E-state index in [0.29, 0.717) is 5.75 Å². The average molecular weight is 341 g/mol. The molecule has 2 N–H and O–H groups in total. The van der Waals surface area contributed by atoms with Crippen molar-refractivity contribution >= 4 is 52.7 Å². The fourth-order valence-corrected chi connectivity index (χ4v) is 3.40. The quantitative estimate of drug-likeness (QED) is 0.558. The average Bonchev–Trinajstić information content (AvgIpc) is 2.42. The maximum absolute atomic E-state index is 12.0. The Bertz CT molecular complexity index is 510. The highest BCUT2D eigenvalue weighted by molar-refractivity contribution is 8.00. The van der Waals surface area contributed by atoms with E-state index in [1.807, 2.05) is 0 Å². The highest BCUT2D eigenvalue weighted by Crippen LogP contribution is 2.40. The number of hydrogen-bond acceptors (Lipinski definition) is 5. The first kappa shape index (κ1) is 15.3. The molecular formula is C10H10Cl2N2O5S. The van der Waals surface area contributed by atoms with Gasteiger partial charge in [0.1, 0.15) is 17.2 Å². The van der Waals surface area contributed by atoms with Gasteiger partial charge in [-0.3, -0.25) is 14.5 Å². The molecule has 0 bridgehead atoms. The zero-order valence-electron chi connectivity index (χ0n) is 10.1. The Morgan fingerprint density at radius 2 is 2.20 bits per heavy atom. The molecule has 110 valence electrons. The number of amides is 2. The first-order valence-corrected chi connectivity index (χ1v) is 7.34. The Hall–Kier alpha value is -1.12. The number of nitrogens with one attached hydrogen (secondary N) is 1. The van der Waals surface area contributed by atoms with Gasteiger partial charge in [0.25, 0.3) is 11.8 Å². The zero-order valence-corrected chi connectivity index (χ0v) is 12.5. The van der Waals surface area contributed by atoms with Crippen LogP contribution in [0.2, 0.25) is 0 Å². The lowest BCUT2D eigenvalue weighted by molar-refractivity contribution is -0.151. The van der Waals surface area contributed by atoms with Gasteiger partial charge in [0.15, 0.2) is 10.5 Å². The number of carboxylic acid groups (broad SMARTS) is 1.